The van der Waals surface area contributed by atoms with E-state index in [1.165, 1.54) is 29.1 Å². The van der Waals surface area contributed by atoms with Gasteiger partial charge in [0.05, 0.1) is 0 Å². The van der Waals surface area contributed by atoms with E-state index in [9.17, 15) is 0 Å². The van der Waals surface area contributed by atoms with Gasteiger partial charge in [0.2, 0.25) is 0 Å². The zero-order valence-electron chi connectivity index (χ0n) is 17.6. The smallest absolute Gasteiger partial charge is 0.0446 e. The van der Waals surface area contributed by atoms with Crippen LogP contribution in [0, 0.1) is 16.7 Å². The van der Waals surface area contributed by atoms with Gasteiger partial charge in [0.1, 0.15) is 0 Å². The Balaban J connectivity index is 1.72. The Labute approximate surface area is 176 Å². The van der Waals surface area contributed by atoms with Gasteiger partial charge in [0.25, 0.3) is 0 Å². The third-order valence-electron chi connectivity index (χ3n) is 8.19. The van der Waals surface area contributed by atoms with E-state index in [1.54, 1.807) is 0 Å². The molecule has 1 aromatic heterocycles. The van der Waals surface area contributed by atoms with Crippen molar-refractivity contribution in [2.24, 2.45) is 16.7 Å². The summed E-state index contributed by atoms with van der Waals surface area (Å²) >= 11 is 0. The summed E-state index contributed by atoms with van der Waals surface area (Å²) in [5, 5.41) is 3.01. The van der Waals surface area contributed by atoms with Crippen molar-refractivity contribution in [2.75, 3.05) is 0 Å². The topological polar surface area (TPSA) is 12.9 Å². The number of benzene rings is 2. The third kappa shape index (κ3) is 2.82. The molecule has 2 saturated carbocycles. The van der Waals surface area contributed by atoms with Crippen LogP contribution in [0.5, 0.6) is 0 Å². The average Bonchev–Trinajstić information content (AvgIpc) is 3.08. The lowest BCUT2D eigenvalue weighted by Gasteiger charge is -2.42. The van der Waals surface area contributed by atoms with Crippen LogP contribution in [0.4, 0.5) is 0 Å². The van der Waals surface area contributed by atoms with Gasteiger partial charge in [-0.25, -0.2) is 0 Å². The highest BCUT2D eigenvalue weighted by Gasteiger charge is 2.68. The lowest BCUT2D eigenvalue weighted by molar-refractivity contribution is 0.133. The zero-order valence-corrected chi connectivity index (χ0v) is 18.5. The molecule has 0 amide bonds. The Kier molecular flexibility index (Phi) is 4.63. The number of nitrogens with zero attached hydrogens (tertiary/aromatic N) is 1. The Bertz CT molecular complexity index is 930. The molecule has 0 spiro atoms. The lowest BCUT2D eigenvalue weighted by atomic mass is 9.66. The van der Waals surface area contributed by atoms with Crippen LogP contribution in [0.1, 0.15) is 45.2 Å². The minimum absolute atomic E-state index is 0.292. The van der Waals surface area contributed by atoms with E-state index in [1.807, 2.05) is 6.20 Å². The van der Waals surface area contributed by atoms with Crippen molar-refractivity contribution in [2.45, 2.75) is 45.2 Å². The lowest BCUT2D eigenvalue weighted by Crippen LogP contribution is -2.35. The van der Waals surface area contributed by atoms with Crippen LogP contribution in [-0.2, 0) is 0 Å². The van der Waals surface area contributed by atoms with Gasteiger partial charge in [-0.15, -0.1) is 0 Å². The Hall–Kier alpha value is -1.98. The molecule has 4 atom stereocenters. The predicted octanol–water partition coefficient (Wildman–Crippen LogP) is 6.12. The fourth-order valence-electron chi connectivity index (χ4n) is 6.39. The Morgan fingerprint density at radius 1 is 0.793 bits per heavy atom. The molecule has 2 fully saturated rings. The van der Waals surface area contributed by atoms with Crippen molar-refractivity contribution in [1.29, 1.82) is 0 Å². The van der Waals surface area contributed by atoms with Gasteiger partial charge >= 0.3 is 0 Å². The van der Waals surface area contributed by atoms with E-state index in [0.717, 1.165) is 5.92 Å². The van der Waals surface area contributed by atoms with Gasteiger partial charge in [-0.3, -0.25) is 4.98 Å². The second kappa shape index (κ2) is 7.06. The minimum Gasteiger partial charge on any atom is -0.261 e. The molecular formula is C27H30NP. The van der Waals surface area contributed by atoms with Crippen LogP contribution in [0.25, 0.3) is 0 Å². The predicted molar refractivity (Wildman–Crippen MR) is 124 cm³/mol. The van der Waals surface area contributed by atoms with E-state index in [-0.39, 0.29) is 0 Å². The molecule has 0 radical (unpaired) electrons. The first-order chi connectivity index (χ1) is 14.0. The van der Waals surface area contributed by atoms with Crippen molar-refractivity contribution >= 4 is 18.5 Å². The highest BCUT2D eigenvalue weighted by molar-refractivity contribution is 7.73. The highest BCUT2D eigenvalue weighted by Crippen LogP contribution is 2.76. The number of fused-ring (bicyclic) bond motifs is 2. The van der Waals surface area contributed by atoms with Crippen LogP contribution >= 0.6 is 7.92 Å². The van der Waals surface area contributed by atoms with Crippen molar-refractivity contribution in [3.63, 3.8) is 0 Å². The number of pyridine rings is 1. The number of hydrogen-bond acceptors (Lipinski definition) is 1. The molecule has 2 aliphatic rings. The summed E-state index contributed by atoms with van der Waals surface area (Å²) in [7, 11) is -0.460. The first kappa shape index (κ1) is 19.0. The molecule has 3 aromatic rings. The van der Waals surface area contributed by atoms with E-state index in [0.29, 0.717) is 22.4 Å². The van der Waals surface area contributed by atoms with Crippen molar-refractivity contribution in [1.82, 2.24) is 4.98 Å². The van der Waals surface area contributed by atoms with E-state index >= 15 is 0 Å². The molecular weight excluding hydrogens is 369 g/mol. The molecule has 0 unspecified atom stereocenters. The fourth-order valence-corrected chi connectivity index (χ4v) is 10.0. The Morgan fingerprint density at radius 2 is 1.38 bits per heavy atom. The van der Waals surface area contributed by atoms with Crippen LogP contribution in [0.15, 0.2) is 85.1 Å². The average molecular weight is 400 g/mol. The monoisotopic (exact) mass is 399 g/mol. The summed E-state index contributed by atoms with van der Waals surface area (Å²) in [6, 6.07) is 29.1. The third-order valence-corrected chi connectivity index (χ3v) is 11.2. The molecule has 5 rings (SSSR count). The Morgan fingerprint density at radius 3 is 1.93 bits per heavy atom. The van der Waals surface area contributed by atoms with Crippen molar-refractivity contribution in [3.05, 3.63) is 90.8 Å². The van der Waals surface area contributed by atoms with Crippen LogP contribution < -0.4 is 10.6 Å². The summed E-state index contributed by atoms with van der Waals surface area (Å²) in [6.45, 7) is 7.62. The SMILES string of the molecule is CC1(C)[C@@H]2CC[C@@]1(C)[C@H](c1ccccn1)[C@@H]2P(c1ccccc1)c1ccccc1. The maximum atomic E-state index is 4.92. The van der Waals surface area contributed by atoms with Gasteiger partial charge in [-0.1, -0.05) is 87.5 Å². The van der Waals surface area contributed by atoms with Gasteiger partial charge in [-0.2, -0.15) is 0 Å². The molecule has 2 heteroatoms. The molecule has 0 aliphatic heterocycles. The largest absolute Gasteiger partial charge is 0.261 e. The number of aromatic nitrogens is 1. The zero-order chi connectivity index (χ0) is 20.1. The summed E-state index contributed by atoms with van der Waals surface area (Å²) in [5.74, 6) is 1.23. The van der Waals surface area contributed by atoms with Crippen LogP contribution in [0.2, 0.25) is 0 Å². The summed E-state index contributed by atoms with van der Waals surface area (Å²) < 4.78 is 0. The molecule has 2 bridgehead atoms. The molecule has 148 valence electrons. The van der Waals surface area contributed by atoms with E-state index in [2.05, 4.69) is 99.6 Å². The van der Waals surface area contributed by atoms with Gasteiger partial charge in [-0.05, 0) is 65.9 Å². The molecule has 0 saturated heterocycles. The summed E-state index contributed by atoms with van der Waals surface area (Å²) in [4.78, 5) is 4.92. The van der Waals surface area contributed by atoms with Gasteiger partial charge < -0.3 is 0 Å². The number of hydrogen-bond donors (Lipinski definition) is 0. The summed E-state index contributed by atoms with van der Waals surface area (Å²) in [5.41, 5.74) is 2.54. The molecule has 29 heavy (non-hydrogen) atoms. The molecule has 1 heterocycles. The highest BCUT2D eigenvalue weighted by atomic mass is 31.1. The van der Waals surface area contributed by atoms with Gasteiger partial charge in [0, 0.05) is 17.8 Å². The maximum Gasteiger partial charge on any atom is 0.0446 e. The minimum atomic E-state index is -0.460. The molecule has 2 aliphatic carbocycles. The van der Waals surface area contributed by atoms with Crippen LogP contribution in [0.3, 0.4) is 0 Å². The standard InChI is InChI=1S/C27H30NP/c1-26(2)22-17-18-27(26,3)24(23-16-10-11-19-28-23)25(22)29(20-12-6-4-7-13-20)21-14-8-5-9-15-21/h4-16,19,22,24-25H,17-18H2,1-3H3/t22-,24-,25-,27+/m1/s1. The molecule has 0 N–H and O–H groups in total. The first-order valence-electron chi connectivity index (χ1n) is 10.8. The van der Waals surface area contributed by atoms with E-state index < -0.39 is 7.92 Å². The van der Waals surface area contributed by atoms with Crippen LogP contribution in [-0.4, -0.2) is 10.6 Å². The molecule has 2 aromatic carbocycles. The summed E-state index contributed by atoms with van der Waals surface area (Å²) in [6.07, 6.45) is 4.65. The maximum absolute atomic E-state index is 4.92. The number of rotatable bonds is 4. The fraction of sp³-hybridized carbons (Fsp3) is 0.370. The normalized spacial score (nSPS) is 30.0. The van der Waals surface area contributed by atoms with Gasteiger partial charge in [0.15, 0.2) is 0 Å². The first-order valence-corrected chi connectivity index (χ1v) is 12.3. The second-order valence-electron chi connectivity index (χ2n) is 9.55. The van der Waals surface area contributed by atoms with Crippen molar-refractivity contribution < 1.29 is 0 Å². The second-order valence-corrected chi connectivity index (χ2v) is 11.9. The molecule has 1 nitrogen and oxygen atoms in total. The quantitative estimate of drug-likeness (QED) is 0.482. The van der Waals surface area contributed by atoms with Crippen molar-refractivity contribution in [3.8, 4) is 0 Å². The van der Waals surface area contributed by atoms with E-state index in [4.69, 9.17) is 4.98 Å².